The van der Waals surface area contributed by atoms with Crippen LogP contribution in [0.25, 0.3) is 0 Å². The van der Waals surface area contributed by atoms with E-state index in [1.54, 1.807) is 7.11 Å². The van der Waals surface area contributed by atoms with Crippen LogP contribution in [0.1, 0.15) is 31.7 Å². The van der Waals surface area contributed by atoms with Gasteiger partial charge in [0.1, 0.15) is 0 Å². The molecule has 1 saturated heterocycles. The molecule has 0 unspecified atom stereocenters. The number of nitrogens with zero attached hydrogens (tertiary/aromatic N) is 1. The topological polar surface area (TPSA) is 50.8 Å². The maximum Gasteiger partial charge on any atom is 0.222 e. The molecule has 1 aromatic carbocycles. The van der Waals surface area contributed by atoms with Crippen LogP contribution in [-0.4, -0.2) is 44.2 Å². The van der Waals surface area contributed by atoms with Crippen LogP contribution in [0.3, 0.4) is 0 Å². The molecule has 0 radical (unpaired) electrons. The predicted molar refractivity (Wildman–Crippen MR) is 86.3 cm³/mol. The van der Waals surface area contributed by atoms with Gasteiger partial charge < -0.3 is 19.7 Å². The van der Waals surface area contributed by atoms with Gasteiger partial charge in [-0.15, -0.1) is 0 Å². The van der Waals surface area contributed by atoms with E-state index in [9.17, 15) is 4.79 Å². The Kier molecular flexibility index (Phi) is 6.52. The molecule has 0 aromatic heterocycles. The van der Waals surface area contributed by atoms with Crippen LogP contribution in [0.5, 0.6) is 11.5 Å². The first-order valence-electron chi connectivity index (χ1n) is 8.02. The van der Waals surface area contributed by atoms with Crippen LogP contribution < -0.4 is 14.8 Å². The third-order valence-corrected chi connectivity index (χ3v) is 3.81. The highest BCUT2D eigenvalue weighted by atomic mass is 16.5. The molecule has 0 atom stereocenters. The minimum absolute atomic E-state index is 0.302. The molecule has 1 aliphatic heterocycles. The van der Waals surface area contributed by atoms with E-state index in [1.807, 2.05) is 30.0 Å². The Labute approximate surface area is 132 Å². The van der Waals surface area contributed by atoms with E-state index in [1.165, 1.54) is 0 Å². The van der Waals surface area contributed by atoms with Crippen LogP contribution in [0, 0.1) is 0 Å². The number of amides is 1. The molecule has 0 aliphatic carbocycles. The lowest BCUT2D eigenvalue weighted by molar-refractivity contribution is -0.127. The number of rotatable bonds is 9. The second-order valence-corrected chi connectivity index (χ2v) is 5.43. The molecule has 22 heavy (non-hydrogen) atoms. The van der Waals surface area contributed by atoms with Gasteiger partial charge in [-0.2, -0.15) is 0 Å². The van der Waals surface area contributed by atoms with E-state index in [0.717, 1.165) is 62.5 Å². The molecule has 5 heteroatoms. The first-order valence-corrected chi connectivity index (χ1v) is 8.02. The van der Waals surface area contributed by atoms with E-state index in [2.05, 4.69) is 5.32 Å². The van der Waals surface area contributed by atoms with Crippen molar-refractivity contribution in [2.24, 2.45) is 0 Å². The summed E-state index contributed by atoms with van der Waals surface area (Å²) < 4.78 is 10.9. The van der Waals surface area contributed by atoms with Gasteiger partial charge in [0.2, 0.25) is 5.91 Å². The van der Waals surface area contributed by atoms with Crippen molar-refractivity contribution in [3.05, 3.63) is 23.8 Å². The third-order valence-electron chi connectivity index (χ3n) is 3.81. The monoisotopic (exact) mass is 306 g/mol. The fourth-order valence-electron chi connectivity index (χ4n) is 2.66. The van der Waals surface area contributed by atoms with Crippen LogP contribution in [0.4, 0.5) is 0 Å². The fourth-order valence-corrected chi connectivity index (χ4v) is 2.66. The summed E-state index contributed by atoms with van der Waals surface area (Å²) in [5.41, 5.74) is 1.16. The zero-order valence-electron chi connectivity index (χ0n) is 13.6. The number of nitrogens with one attached hydrogen (secondary N) is 1. The van der Waals surface area contributed by atoms with Gasteiger partial charge in [0.05, 0.1) is 13.7 Å². The molecular formula is C17H26N2O3. The average Bonchev–Trinajstić information content (AvgIpc) is 2.93. The number of ether oxygens (including phenoxy) is 2. The minimum atomic E-state index is 0.302. The Bertz CT molecular complexity index is 491. The van der Waals surface area contributed by atoms with E-state index >= 15 is 0 Å². The van der Waals surface area contributed by atoms with Crippen molar-refractivity contribution in [2.45, 2.75) is 32.7 Å². The molecule has 1 aromatic rings. The van der Waals surface area contributed by atoms with Gasteiger partial charge >= 0.3 is 0 Å². The molecule has 1 aliphatic rings. The van der Waals surface area contributed by atoms with Crippen molar-refractivity contribution in [3.63, 3.8) is 0 Å². The van der Waals surface area contributed by atoms with Crippen LogP contribution in [0.15, 0.2) is 18.2 Å². The quantitative estimate of drug-likeness (QED) is 0.711. The maximum atomic E-state index is 11.5. The van der Waals surface area contributed by atoms with Crippen LogP contribution in [-0.2, 0) is 11.3 Å². The van der Waals surface area contributed by atoms with Crippen LogP contribution in [0.2, 0.25) is 0 Å². The van der Waals surface area contributed by atoms with Crippen molar-refractivity contribution < 1.29 is 14.3 Å². The van der Waals surface area contributed by atoms with Gasteiger partial charge in [0, 0.05) is 26.1 Å². The summed E-state index contributed by atoms with van der Waals surface area (Å²) in [7, 11) is 1.65. The lowest BCUT2D eigenvalue weighted by Gasteiger charge is -2.15. The van der Waals surface area contributed by atoms with Gasteiger partial charge in [-0.3, -0.25) is 4.79 Å². The van der Waals surface area contributed by atoms with Crippen molar-refractivity contribution >= 4 is 5.91 Å². The molecule has 1 N–H and O–H groups in total. The smallest absolute Gasteiger partial charge is 0.222 e. The molecule has 1 fully saturated rings. The molecule has 0 bridgehead atoms. The number of hydrogen-bond donors (Lipinski definition) is 1. The lowest BCUT2D eigenvalue weighted by Crippen LogP contribution is -2.28. The Morgan fingerprint density at radius 3 is 2.86 bits per heavy atom. The number of carbonyl (C=O) groups is 1. The van der Waals surface area contributed by atoms with E-state index < -0.39 is 0 Å². The number of hydrogen-bond acceptors (Lipinski definition) is 4. The summed E-state index contributed by atoms with van der Waals surface area (Å²) in [5, 5.41) is 3.41. The van der Waals surface area contributed by atoms with E-state index in [0.29, 0.717) is 12.5 Å². The largest absolute Gasteiger partial charge is 0.493 e. The minimum Gasteiger partial charge on any atom is -0.493 e. The van der Waals surface area contributed by atoms with Crippen molar-refractivity contribution in [1.29, 1.82) is 0 Å². The molecular weight excluding hydrogens is 280 g/mol. The van der Waals surface area contributed by atoms with Crippen molar-refractivity contribution in [1.82, 2.24) is 10.2 Å². The summed E-state index contributed by atoms with van der Waals surface area (Å²) in [6.07, 6.45) is 2.72. The Hall–Kier alpha value is -1.75. The van der Waals surface area contributed by atoms with E-state index in [4.69, 9.17) is 9.47 Å². The van der Waals surface area contributed by atoms with E-state index in [-0.39, 0.29) is 0 Å². The van der Waals surface area contributed by atoms with Gasteiger partial charge in [0.15, 0.2) is 11.5 Å². The molecule has 1 heterocycles. The number of likely N-dealkylation sites (tertiary alicyclic amines) is 1. The lowest BCUT2D eigenvalue weighted by atomic mass is 10.2. The second kappa shape index (κ2) is 8.63. The van der Waals surface area contributed by atoms with Gasteiger partial charge in [0.25, 0.3) is 0 Å². The molecule has 2 rings (SSSR count). The molecule has 0 saturated carbocycles. The van der Waals surface area contributed by atoms with Gasteiger partial charge in [-0.1, -0.05) is 6.07 Å². The first kappa shape index (κ1) is 16.6. The zero-order valence-corrected chi connectivity index (χ0v) is 13.6. The summed E-state index contributed by atoms with van der Waals surface area (Å²) in [4.78, 5) is 13.5. The first-order chi connectivity index (χ1) is 10.7. The normalized spacial score (nSPS) is 14.5. The zero-order chi connectivity index (χ0) is 15.8. The fraction of sp³-hybridized carbons (Fsp3) is 0.588. The number of methoxy groups -OCH3 is 1. The summed E-state index contributed by atoms with van der Waals surface area (Å²) in [6.45, 7) is 6.06. The predicted octanol–water partition coefficient (Wildman–Crippen LogP) is 2.20. The van der Waals surface area contributed by atoms with Crippen molar-refractivity contribution in [3.8, 4) is 11.5 Å². The Morgan fingerprint density at radius 1 is 1.32 bits per heavy atom. The SMILES string of the molecule is CCOc1ccc(CNCCCN2CCCC2=O)cc1OC. The number of carbonyl (C=O) groups excluding carboxylic acids is 1. The maximum absolute atomic E-state index is 11.5. The van der Waals surface area contributed by atoms with Gasteiger partial charge in [-0.25, -0.2) is 0 Å². The molecule has 122 valence electrons. The highest BCUT2D eigenvalue weighted by Gasteiger charge is 2.18. The average molecular weight is 306 g/mol. The summed E-state index contributed by atoms with van der Waals surface area (Å²) >= 11 is 0. The molecule has 1 amide bonds. The van der Waals surface area contributed by atoms with Gasteiger partial charge in [-0.05, 0) is 44.0 Å². The Morgan fingerprint density at radius 2 is 2.18 bits per heavy atom. The third kappa shape index (κ3) is 4.63. The van der Waals surface area contributed by atoms with Crippen molar-refractivity contribution in [2.75, 3.05) is 33.4 Å². The molecule has 5 nitrogen and oxygen atoms in total. The highest BCUT2D eigenvalue weighted by molar-refractivity contribution is 5.77. The second-order valence-electron chi connectivity index (χ2n) is 5.43. The summed E-state index contributed by atoms with van der Waals surface area (Å²) in [6, 6.07) is 5.99. The standard InChI is InChI=1S/C17H26N2O3/c1-3-22-15-8-7-14(12-16(15)21-2)13-18-9-5-11-19-10-4-6-17(19)20/h7-8,12,18H,3-6,9-11,13H2,1-2H3. The molecule has 0 spiro atoms. The number of benzene rings is 1. The van der Waals surface area contributed by atoms with Crippen LogP contribution >= 0.6 is 0 Å². The Balaban J connectivity index is 1.71. The highest BCUT2D eigenvalue weighted by Crippen LogP contribution is 2.27. The summed E-state index contributed by atoms with van der Waals surface area (Å²) in [5.74, 6) is 1.85.